The maximum atomic E-state index is 14.3. The number of benzene rings is 1. The molecule has 13 nitrogen and oxygen atoms in total. The molecule has 1 heterocycles. The molecule has 54 heavy (non-hydrogen) atoms. The first kappa shape index (κ1) is 48.4. The lowest BCUT2D eigenvalue weighted by atomic mass is 9.87. The number of amides is 4. The third kappa shape index (κ3) is 14.2. The van der Waals surface area contributed by atoms with Gasteiger partial charge in [0.05, 0.1) is 42.7 Å². The van der Waals surface area contributed by atoms with E-state index in [4.69, 9.17) is 19.1 Å². The molecule has 3 N–H and O–H groups in total. The molecule has 1 aliphatic heterocycles. The van der Waals surface area contributed by atoms with Crippen LogP contribution in [0.4, 0.5) is 0 Å². The Morgan fingerprint density at radius 2 is 1.48 bits per heavy atom. The van der Waals surface area contributed by atoms with Crippen LogP contribution in [0, 0.1) is 23.7 Å². The molecule has 1 aliphatic rings. The van der Waals surface area contributed by atoms with Gasteiger partial charge in [-0.25, -0.2) is 0 Å². The van der Waals surface area contributed by atoms with E-state index in [-0.39, 0.29) is 66.0 Å². The molecule has 1 aromatic carbocycles. The smallest absolute Gasteiger partial charge is 0.373 e. The van der Waals surface area contributed by atoms with Crippen LogP contribution in [0.25, 0.3) is 0 Å². The molecule has 1 saturated heterocycles. The molecule has 1 aromatic rings. The van der Waals surface area contributed by atoms with Gasteiger partial charge in [-0.15, -0.1) is 0 Å². The highest BCUT2D eigenvalue weighted by Crippen LogP contribution is 2.29. The topological polar surface area (TPSA) is 163 Å². The van der Waals surface area contributed by atoms with Gasteiger partial charge in [0.25, 0.3) is 0 Å². The van der Waals surface area contributed by atoms with Crippen LogP contribution in [0.1, 0.15) is 93.1 Å². The molecule has 9 atom stereocenters. The van der Waals surface area contributed by atoms with Crippen molar-refractivity contribution >= 4 is 29.8 Å². The molecule has 0 aromatic heterocycles. The second-order valence-corrected chi connectivity index (χ2v) is 15.4. The zero-order valence-electron chi connectivity index (χ0n) is 34.8. The lowest BCUT2D eigenvalue weighted by molar-refractivity contribution is -0.191. The van der Waals surface area contributed by atoms with Gasteiger partial charge in [-0.05, 0) is 63.0 Å². The van der Waals surface area contributed by atoms with E-state index in [0.717, 1.165) is 37.7 Å². The van der Waals surface area contributed by atoms with Crippen molar-refractivity contribution in [3.63, 3.8) is 0 Å². The minimum Gasteiger partial charge on any atom is -0.379 e. The first-order valence-corrected chi connectivity index (χ1v) is 19.5. The van der Waals surface area contributed by atoms with Gasteiger partial charge in [-0.3, -0.25) is 19.2 Å². The van der Waals surface area contributed by atoms with Gasteiger partial charge >= 0.3 is 6.15 Å². The third-order valence-corrected chi connectivity index (χ3v) is 10.8. The van der Waals surface area contributed by atoms with Gasteiger partial charge in [0.1, 0.15) is 6.04 Å². The number of nitrogens with one attached hydrogen (secondary N) is 3. The number of hydrogen-bond donors (Lipinski definition) is 3. The number of piperidine rings is 1. The molecule has 1 unspecified atom stereocenters. The lowest BCUT2D eigenvalue weighted by Crippen LogP contribution is -2.60. The minimum atomic E-state index is -0.742. The Bertz CT molecular complexity index is 1320. The summed E-state index contributed by atoms with van der Waals surface area (Å²) in [5.41, 5.74) is 1.15. The van der Waals surface area contributed by atoms with Crippen LogP contribution in [0.5, 0.6) is 0 Å². The highest BCUT2D eigenvalue weighted by molar-refractivity contribution is 5.90. The second-order valence-electron chi connectivity index (χ2n) is 15.4. The number of rotatable bonds is 20. The average molecular weight is 760 g/mol. The average Bonchev–Trinajstić information content (AvgIpc) is 3.14. The number of hydrogen-bond acceptors (Lipinski definition) is 9. The number of carbonyl (C=O) groups excluding carboxylic acids is 6. The van der Waals surface area contributed by atoms with Crippen molar-refractivity contribution < 1.29 is 38.2 Å². The van der Waals surface area contributed by atoms with Crippen molar-refractivity contribution in [2.24, 2.45) is 23.7 Å². The normalized spacial score (nSPS) is 18.8. The van der Waals surface area contributed by atoms with Crippen LogP contribution in [-0.2, 0) is 44.7 Å². The molecule has 4 amide bonds. The van der Waals surface area contributed by atoms with Crippen molar-refractivity contribution in [3.8, 4) is 0 Å². The summed E-state index contributed by atoms with van der Waals surface area (Å²) in [6, 6.07) is 8.14. The van der Waals surface area contributed by atoms with Gasteiger partial charge in [0.15, 0.2) is 0 Å². The van der Waals surface area contributed by atoms with Gasteiger partial charge < -0.3 is 35.2 Å². The van der Waals surface area contributed by atoms with Crippen molar-refractivity contribution in [3.05, 3.63) is 35.9 Å². The Labute approximate surface area is 324 Å². The quantitative estimate of drug-likeness (QED) is 0.179. The molecule has 1 fully saturated rings. The van der Waals surface area contributed by atoms with E-state index in [1.807, 2.05) is 64.6 Å². The Hall–Kier alpha value is -3.64. The number of carbonyl (C=O) groups is 4. The molecule has 306 valence electrons. The summed E-state index contributed by atoms with van der Waals surface area (Å²) in [6.07, 6.45) is 3.24. The largest absolute Gasteiger partial charge is 0.379 e. The molecular formula is C41H69N5O8. The molecule has 2 rings (SSSR count). The fraction of sp³-hybridized carbons (Fsp3) is 0.732. The monoisotopic (exact) mass is 760 g/mol. The highest BCUT2D eigenvalue weighted by atomic mass is 16.5. The summed E-state index contributed by atoms with van der Waals surface area (Å²) in [5, 5.41) is 9.22. The van der Waals surface area contributed by atoms with Crippen LogP contribution < -0.4 is 16.0 Å². The van der Waals surface area contributed by atoms with E-state index >= 15 is 0 Å². The first-order chi connectivity index (χ1) is 25.5. The molecule has 13 heteroatoms. The molecule has 0 aliphatic carbocycles. The van der Waals surface area contributed by atoms with E-state index in [1.165, 1.54) is 0 Å². The number of likely N-dealkylation sites (N-methyl/N-ethyl adjacent to an activating group) is 2. The van der Waals surface area contributed by atoms with Crippen molar-refractivity contribution in [2.75, 3.05) is 34.9 Å². The summed E-state index contributed by atoms with van der Waals surface area (Å²) >= 11 is 0. The van der Waals surface area contributed by atoms with Crippen LogP contribution in [-0.4, -0.2) is 117 Å². The van der Waals surface area contributed by atoms with Crippen molar-refractivity contribution in [1.82, 2.24) is 25.8 Å². The predicted molar refractivity (Wildman–Crippen MR) is 208 cm³/mol. The first-order valence-electron chi connectivity index (χ1n) is 19.5. The van der Waals surface area contributed by atoms with Crippen LogP contribution >= 0.6 is 0 Å². The number of likely N-dealkylation sites (tertiary alicyclic amines) is 1. The van der Waals surface area contributed by atoms with E-state index in [9.17, 15) is 19.2 Å². The Morgan fingerprint density at radius 1 is 0.889 bits per heavy atom. The summed E-state index contributed by atoms with van der Waals surface area (Å²) in [5.74, 6) is -1.21. The Morgan fingerprint density at radius 3 is 1.98 bits per heavy atom. The third-order valence-electron chi connectivity index (χ3n) is 10.8. The van der Waals surface area contributed by atoms with E-state index in [0.29, 0.717) is 6.54 Å². The molecular weight excluding hydrogens is 690 g/mol. The van der Waals surface area contributed by atoms with Gasteiger partial charge in [-0.2, -0.15) is 9.59 Å². The van der Waals surface area contributed by atoms with Gasteiger partial charge in [0, 0.05) is 33.9 Å². The fourth-order valence-electron chi connectivity index (χ4n) is 7.61. The van der Waals surface area contributed by atoms with Crippen LogP contribution in [0.15, 0.2) is 30.3 Å². The van der Waals surface area contributed by atoms with E-state index in [2.05, 4.69) is 41.9 Å². The zero-order valence-corrected chi connectivity index (χ0v) is 34.8. The minimum absolute atomic E-state index is 0.00593. The summed E-state index contributed by atoms with van der Waals surface area (Å²) in [6.45, 7) is 16.3. The molecule has 0 spiro atoms. The molecule has 0 saturated carbocycles. The second kappa shape index (κ2) is 24.7. The fourth-order valence-corrected chi connectivity index (χ4v) is 7.61. The van der Waals surface area contributed by atoms with Crippen molar-refractivity contribution in [1.29, 1.82) is 0 Å². The number of methoxy groups -OCH3 is 2. The molecule has 0 radical (unpaired) electrons. The summed E-state index contributed by atoms with van der Waals surface area (Å²) in [7, 11) is 6.69. The maximum Gasteiger partial charge on any atom is 0.373 e. The zero-order chi connectivity index (χ0) is 41.1. The van der Waals surface area contributed by atoms with Crippen LogP contribution in [0.2, 0.25) is 0 Å². The lowest BCUT2D eigenvalue weighted by Gasteiger charge is -2.43. The van der Waals surface area contributed by atoms with Crippen molar-refractivity contribution in [2.45, 2.75) is 136 Å². The van der Waals surface area contributed by atoms with E-state index in [1.54, 1.807) is 33.2 Å². The summed E-state index contributed by atoms with van der Waals surface area (Å²) < 4.78 is 12.0. The van der Waals surface area contributed by atoms with Gasteiger partial charge in [0.2, 0.25) is 23.6 Å². The maximum absolute atomic E-state index is 14.3. The predicted octanol–water partition coefficient (Wildman–Crippen LogP) is 3.85. The Kier molecular flexibility index (Phi) is 22.1. The molecule has 0 bridgehead atoms. The van der Waals surface area contributed by atoms with E-state index < -0.39 is 36.3 Å². The Balaban J connectivity index is 0.00000469. The number of ether oxygens (including phenoxy) is 2. The van der Waals surface area contributed by atoms with Crippen LogP contribution in [0.3, 0.4) is 0 Å². The summed E-state index contributed by atoms with van der Waals surface area (Å²) in [4.78, 5) is 74.9. The number of nitrogens with zero attached hydrogens (tertiary/aromatic N) is 2. The highest BCUT2D eigenvalue weighted by Gasteiger charge is 2.42. The van der Waals surface area contributed by atoms with Gasteiger partial charge in [-0.1, -0.05) is 85.2 Å². The SMILES string of the molecule is CCC(C)[C@@H]([C@@H](CC(=O)N1CCCC[C@H]1[C@H](OC)[C@@H](C)C(=O)N[C@H](C)Cc1ccccc1)OC)N(C)C(=O)[C@@H](NC(=O)[C@@H](NC)C(C)C)C(C)C.O=C=O. The standard InChI is InChI=1S/C40H69N5O6.CO2/c1-13-27(6)36(44(10)40(49)35(26(4)5)43-39(48)34(41-9)25(2)3)32(50-11)24-33(46)45-22-18-17-21-31(45)37(51-12)29(8)38(47)42-28(7)23-30-19-15-14-16-20-30;2-1-3/h14-16,19-20,25-29,31-32,34-37,41H,13,17-18,21-24H2,1-12H3,(H,42,47)(H,43,48);/t27?,28-,29-,31+,32-,34+,35+,36+,37-;/m1./s1.